The van der Waals surface area contributed by atoms with Crippen molar-refractivity contribution >= 4 is 5.78 Å². The van der Waals surface area contributed by atoms with Crippen LogP contribution in [0, 0.1) is 5.92 Å². The van der Waals surface area contributed by atoms with Gasteiger partial charge in [0.2, 0.25) is 0 Å². The number of rotatable bonds is 5. The summed E-state index contributed by atoms with van der Waals surface area (Å²) in [5.41, 5.74) is 5.62. The minimum Gasteiger partial charge on any atom is -0.389 e. The number of hydrogen-bond acceptors (Lipinski definition) is 3. The largest absolute Gasteiger partial charge is 0.389 e. The molecule has 0 fully saturated rings. The summed E-state index contributed by atoms with van der Waals surface area (Å²) in [6.07, 6.45) is 1.14. The van der Waals surface area contributed by atoms with E-state index in [1.165, 1.54) is 0 Å². The molecule has 0 aromatic rings. The zero-order chi connectivity index (χ0) is 8.85. The molecule has 0 aliphatic carbocycles. The summed E-state index contributed by atoms with van der Waals surface area (Å²) >= 11 is 0. The molecule has 11 heavy (non-hydrogen) atoms. The molecule has 3 N–H and O–H groups in total. The van der Waals surface area contributed by atoms with E-state index in [0.717, 1.165) is 6.42 Å². The lowest BCUT2D eigenvalue weighted by Crippen LogP contribution is -2.26. The molecule has 3 nitrogen and oxygen atoms in total. The van der Waals surface area contributed by atoms with E-state index in [1.54, 1.807) is 0 Å². The van der Waals surface area contributed by atoms with Crippen LogP contribution in [0.5, 0.6) is 0 Å². The van der Waals surface area contributed by atoms with E-state index in [9.17, 15) is 4.79 Å². The third-order valence-electron chi connectivity index (χ3n) is 1.44. The predicted octanol–water partition coefficient (Wildman–Crippen LogP) is 0.311. The molecular formula is C8H17NO2. The first-order valence-corrected chi connectivity index (χ1v) is 3.94. The molecule has 0 aliphatic rings. The van der Waals surface area contributed by atoms with Gasteiger partial charge in [0.05, 0.1) is 0 Å². The van der Waals surface area contributed by atoms with E-state index in [0.29, 0.717) is 12.3 Å². The molecule has 0 rings (SSSR count). The van der Waals surface area contributed by atoms with Crippen molar-refractivity contribution < 1.29 is 9.90 Å². The zero-order valence-electron chi connectivity index (χ0n) is 7.21. The monoisotopic (exact) mass is 159 g/mol. The predicted molar refractivity (Wildman–Crippen MR) is 44.1 cm³/mol. The molecule has 0 radical (unpaired) electrons. The average molecular weight is 159 g/mol. The number of Topliss-reactive ketones (excluding diaryl/α,β-unsaturated/α-hetero) is 1. The van der Waals surface area contributed by atoms with Crippen molar-refractivity contribution in [3.05, 3.63) is 0 Å². The van der Waals surface area contributed by atoms with E-state index in [4.69, 9.17) is 10.8 Å². The van der Waals surface area contributed by atoms with Gasteiger partial charge in [-0.3, -0.25) is 4.79 Å². The number of carbonyl (C=O) groups is 1. The quantitative estimate of drug-likeness (QED) is 0.607. The first-order valence-electron chi connectivity index (χ1n) is 3.94. The van der Waals surface area contributed by atoms with Gasteiger partial charge in [-0.1, -0.05) is 13.8 Å². The van der Waals surface area contributed by atoms with Gasteiger partial charge in [-0.2, -0.15) is 0 Å². The zero-order valence-corrected chi connectivity index (χ0v) is 7.21. The number of carbonyl (C=O) groups excluding carboxylic acids is 1. The van der Waals surface area contributed by atoms with Crippen LogP contribution in [0.1, 0.15) is 26.7 Å². The van der Waals surface area contributed by atoms with Crippen molar-refractivity contribution in [2.24, 2.45) is 11.7 Å². The average Bonchev–Trinajstić information content (AvgIpc) is 1.85. The summed E-state index contributed by atoms with van der Waals surface area (Å²) in [5.74, 6) is 0.342. The Hall–Kier alpha value is -0.410. The number of aliphatic hydroxyl groups excluding tert-OH is 1. The summed E-state index contributed by atoms with van der Waals surface area (Å²) in [4.78, 5) is 10.7. The highest BCUT2D eigenvalue weighted by Gasteiger charge is 2.09. The van der Waals surface area contributed by atoms with Crippen LogP contribution in [0.2, 0.25) is 0 Å². The van der Waals surface area contributed by atoms with Gasteiger partial charge in [0, 0.05) is 12.5 Å². The second-order valence-electron chi connectivity index (χ2n) is 3.29. The van der Waals surface area contributed by atoms with Gasteiger partial charge >= 0.3 is 0 Å². The SMILES string of the molecule is CC(C)CC(N)CC(=O)CO. The van der Waals surface area contributed by atoms with Crippen LogP contribution in [-0.2, 0) is 4.79 Å². The lowest BCUT2D eigenvalue weighted by molar-refractivity contribution is -0.122. The molecule has 0 aromatic carbocycles. The molecule has 66 valence electrons. The maximum absolute atomic E-state index is 10.7. The molecule has 0 bridgehead atoms. The van der Waals surface area contributed by atoms with Gasteiger partial charge in [-0.15, -0.1) is 0 Å². The number of hydrogen-bond donors (Lipinski definition) is 2. The van der Waals surface area contributed by atoms with Crippen LogP contribution in [0.15, 0.2) is 0 Å². The minimum atomic E-state index is -0.383. The molecule has 1 unspecified atom stereocenters. The van der Waals surface area contributed by atoms with Crippen molar-refractivity contribution in [2.75, 3.05) is 6.61 Å². The topological polar surface area (TPSA) is 63.3 Å². The van der Waals surface area contributed by atoms with E-state index >= 15 is 0 Å². The molecule has 0 saturated carbocycles. The summed E-state index contributed by atoms with van der Waals surface area (Å²) < 4.78 is 0. The Morgan fingerprint density at radius 1 is 1.55 bits per heavy atom. The maximum atomic E-state index is 10.7. The Kier molecular flexibility index (Phi) is 5.07. The van der Waals surface area contributed by atoms with Gasteiger partial charge < -0.3 is 10.8 Å². The highest BCUT2D eigenvalue weighted by molar-refractivity contribution is 5.79. The van der Waals surface area contributed by atoms with Gasteiger partial charge in [-0.25, -0.2) is 0 Å². The molecule has 0 saturated heterocycles. The van der Waals surface area contributed by atoms with E-state index in [-0.39, 0.29) is 18.4 Å². The summed E-state index contributed by atoms with van der Waals surface area (Å²) in [5, 5.41) is 8.41. The fourth-order valence-electron chi connectivity index (χ4n) is 1.05. The number of aliphatic hydroxyl groups is 1. The second-order valence-corrected chi connectivity index (χ2v) is 3.29. The van der Waals surface area contributed by atoms with Crippen LogP contribution < -0.4 is 5.73 Å². The van der Waals surface area contributed by atoms with E-state index in [1.807, 2.05) is 0 Å². The Morgan fingerprint density at radius 2 is 2.09 bits per heavy atom. The summed E-state index contributed by atoms with van der Waals surface area (Å²) in [6.45, 7) is 3.73. The molecule has 0 spiro atoms. The Bertz CT molecular complexity index is 123. The third kappa shape index (κ3) is 6.01. The van der Waals surface area contributed by atoms with Crippen LogP contribution >= 0.6 is 0 Å². The smallest absolute Gasteiger partial charge is 0.159 e. The first kappa shape index (κ1) is 10.6. The minimum absolute atomic E-state index is 0.0883. The van der Waals surface area contributed by atoms with Gasteiger partial charge in [0.15, 0.2) is 5.78 Å². The highest BCUT2D eigenvalue weighted by Crippen LogP contribution is 2.05. The Balaban J connectivity index is 3.51. The van der Waals surface area contributed by atoms with Gasteiger partial charge in [-0.05, 0) is 12.3 Å². The van der Waals surface area contributed by atoms with Crippen molar-refractivity contribution in [3.8, 4) is 0 Å². The summed E-state index contributed by atoms with van der Waals surface area (Å²) in [6, 6.07) is -0.0883. The lowest BCUT2D eigenvalue weighted by atomic mass is 10.0. The van der Waals surface area contributed by atoms with Gasteiger partial charge in [0.1, 0.15) is 6.61 Å². The highest BCUT2D eigenvalue weighted by atomic mass is 16.3. The standard InChI is InChI=1S/C8H17NO2/c1-6(2)3-7(9)4-8(11)5-10/h6-7,10H,3-5,9H2,1-2H3. The van der Waals surface area contributed by atoms with Crippen LogP contribution in [0.4, 0.5) is 0 Å². The number of nitrogens with two attached hydrogens (primary N) is 1. The summed E-state index contributed by atoms with van der Waals surface area (Å²) in [7, 11) is 0. The maximum Gasteiger partial charge on any atom is 0.159 e. The van der Waals surface area contributed by atoms with E-state index < -0.39 is 0 Å². The normalized spacial score (nSPS) is 13.5. The Morgan fingerprint density at radius 3 is 2.45 bits per heavy atom. The fraction of sp³-hybridized carbons (Fsp3) is 0.875. The van der Waals surface area contributed by atoms with Crippen molar-refractivity contribution in [1.82, 2.24) is 0 Å². The molecule has 1 atom stereocenters. The first-order chi connectivity index (χ1) is 5.06. The molecule has 0 aromatic heterocycles. The third-order valence-corrected chi connectivity index (χ3v) is 1.44. The molecule has 0 heterocycles. The number of ketones is 1. The molecule has 3 heteroatoms. The fourth-order valence-corrected chi connectivity index (χ4v) is 1.05. The molecule has 0 aliphatic heterocycles. The second kappa shape index (κ2) is 5.27. The van der Waals surface area contributed by atoms with E-state index in [2.05, 4.69) is 13.8 Å². The molecular weight excluding hydrogens is 142 g/mol. The van der Waals surface area contributed by atoms with Crippen molar-refractivity contribution in [1.29, 1.82) is 0 Å². The Labute approximate surface area is 67.6 Å². The van der Waals surface area contributed by atoms with Crippen molar-refractivity contribution in [2.45, 2.75) is 32.7 Å². The van der Waals surface area contributed by atoms with Gasteiger partial charge in [0.25, 0.3) is 0 Å². The van der Waals surface area contributed by atoms with Crippen molar-refractivity contribution in [3.63, 3.8) is 0 Å². The van der Waals surface area contributed by atoms with Crippen LogP contribution in [0.25, 0.3) is 0 Å². The van der Waals surface area contributed by atoms with Crippen LogP contribution in [-0.4, -0.2) is 23.5 Å². The lowest BCUT2D eigenvalue weighted by Gasteiger charge is -2.11. The van der Waals surface area contributed by atoms with Crippen LogP contribution in [0.3, 0.4) is 0 Å². The molecule has 0 amide bonds.